The normalized spacial score (nSPS) is 11.3. The first-order chi connectivity index (χ1) is 7.59. The van der Waals surface area contributed by atoms with Gasteiger partial charge < -0.3 is 0 Å². The molecule has 0 radical (unpaired) electrons. The van der Waals surface area contributed by atoms with Gasteiger partial charge >= 0.3 is 0 Å². The quantitative estimate of drug-likeness (QED) is 0.832. The van der Waals surface area contributed by atoms with Crippen LogP contribution in [0.4, 0.5) is 5.82 Å². The molecule has 0 fully saturated rings. The zero-order valence-electron chi connectivity index (χ0n) is 8.51. The van der Waals surface area contributed by atoms with Crippen LogP contribution >= 0.6 is 0 Å². The van der Waals surface area contributed by atoms with Gasteiger partial charge in [-0.05, 0) is 19.1 Å². The van der Waals surface area contributed by atoms with Crippen molar-refractivity contribution in [1.82, 2.24) is 15.2 Å². The SMILES string of the molecule is Cc1[nH]ncc1S(=O)(=O)Nc1ccccn1. The molecule has 0 bridgehead atoms. The highest BCUT2D eigenvalue weighted by molar-refractivity contribution is 7.92. The zero-order chi connectivity index (χ0) is 11.6. The molecule has 2 N–H and O–H groups in total. The zero-order valence-corrected chi connectivity index (χ0v) is 9.32. The van der Waals surface area contributed by atoms with E-state index < -0.39 is 10.0 Å². The predicted molar refractivity (Wildman–Crippen MR) is 58.4 cm³/mol. The smallest absolute Gasteiger partial charge is 0.266 e. The van der Waals surface area contributed by atoms with Crippen molar-refractivity contribution in [3.05, 3.63) is 36.3 Å². The van der Waals surface area contributed by atoms with Crippen LogP contribution in [-0.2, 0) is 10.0 Å². The van der Waals surface area contributed by atoms with Crippen LogP contribution in [-0.4, -0.2) is 23.6 Å². The van der Waals surface area contributed by atoms with Crippen molar-refractivity contribution in [2.75, 3.05) is 4.72 Å². The average molecular weight is 238 g/mol. The maximum absolute atomic E-state index is 11.9. The van der Waals surface area contributed by atoms with Gasteiger partial charge in [-0.2, -0.15) is 5.10 Å². The lowest BCUT2D eigenvalue weighted by Gasteiger charge is -2.05. The highest BCUT2D eigenvalue weighted by Gasteiger charge is 2.18. The highest BCUT2D eigenvalue weighted by atomic mass is 32.2. The molecule has 0 saturated carbocycles. The molecule has 0 aromatic carbocycles. The fourth-order valence-corrected chi connectivity index (χ4v) is 2.37. The van der Waals surface area contributed by atoms with Crippen molar-refractivity contribution < 1.29 is 8.42 Å². The second kappa shape index (κ2) is 3.93. The Morgan fingerprint density at radius 3 is 2.75 bits per heavy atom. The molecule has 0 spiro atoms. The molecule has 84 valence electrons. The summed E-state index contributed by atoms with van der Waals surface area (Å²) in [6.45, 7) is 1.64. The summed E-state index contributed by atoms with van der Waals surface area (Å²) in [5.74, 6) is 0.281. The van der Waals surface area contributed by atoms with E-state index in [2.05, 4.69) is 19.9 Å². The van der Waals surface area contributed by atoms with E-state index >= 15 is 0 Å². The summed E-state index contributed by atoms with van der Waals surface area (Å²) in [6, 6.07) is 4.99. The summed E-state index contributed by atoms with van der Waals surface area (Å²) < 4.78 is 26.1. The summed E-state index contributed by atoms with van der Waals surface area (Å²) in [5, 5.41) is 6.24. The first kappa shape index (κ1) is 10.6. The fourth-order valence-electron chi connectivity index (χ4n) is 1.23. The lowest BCUT2D eigenvalue weighted by atomic mass is 10.5. The van der Waals surface area contributed by atoms with E-state index in [-0.39, 0.29) is 10.7 Å². The van der Waals surface area contributed by atoms with Crippen LogP contribution in [0.15, 0.2) is 35.5 Å². The average Bonchev–Trinajstić information content (AvgIpc) is 2.66. The van der Waals surface area contributed by atoms with Gasteiger partial charge in [-0.3, -0.25) is 9.82 Å². The number of rotatable bonds is 3. The minimum Gasteiger partial charge on any atom is -0.281 e. The van der Waals surface area contributed by atoms with Crippen LogP contribution in [0, 0.1) is 6.92 Å². The van der Waals surface area contributed by atoms with E-state index in [1.165, 1.54) is 12.4 Å². The molecule has 0 amide bonds. The van der Waals surface area contributed by atoms with Crippen molar-refractivity contribution in [2.24, 2.45) is 0 Å². The Hall–Kier alpha value is -1.89. The maximum Gasteiger partial charge on any atom is 0.266 e. The minimum absolute atomic E-state index is 0.123. The molecule has 0 aliphatic carbocycles. The summed E-state index contributed by atoms with van der Waals surface area (Å²) in [5.41, 5.74) is 0.489. The van der Waals surface area contributed by atoms with Gasteiger partial charge in [0.05, 0.1) is 11.9 Å². The van der Waals surface area contributed by atoms with Gasteiger partial charge in [-0.1, -0.05) is 6.07 Å². The van der Waals surface area contributed by atoms with Crippen molar-refractivity contribution >= 4 is 15.8 Å². The van der Waals surface area contributed by atoms with E-state index in [1.807, 2.05) is 0 Å². The predicted octanol–water partition coefficient (Wildman–Crippen LogP) is 0.914. The third-order valence-electron chi connectivity index (χ3n) is 1.98. The van der Waals surface area contributed by atoms with Crippen LogP contribution in [0.3, 0.4) is 0 Å². The van der Waals surface area contributed by atoms with Gasteiger partial charge in [0.15, 0.2) is 0 Å². The number of hydrogen-bond donors (Lipinski definition) is 2. The summed E-state index contributed by atoms with van der Waals surface area (Å²) in [7, 11) is -3.61. The molecular weight excluding hydrogens is 228 g/mol. The molecule has 0 aliphatic heterocycles. The molecule has 16 heavy (non-hydrogen) atoms. The third-order valence-corrected chi connectivity index (χ3v) is 3.45. The van der Waals surface area contributed by atoms with Crippen LogP contribution in [0.5, 0.6) is 0 Å². The molecule has 2 aromatic heterocycles. The Morgan fingerprint density at radius 2 is 2.19 bits per heavy atom. The Bertz CT molecular complexity index is 577. The van der Waals surface area contributed by atoms with Crippen molar-refractivity contribution in [3.8, 4) is 0 Å². The van der Waals surface area contributed by atoms with Crippen molar-refractivity contribution in [3.63, 3.8) is 0 Å². The van der Waals surface area contributed by atoms with Crippen LogP contribution in [0.2, 0.25) is 0 Å². The van der Waals surface area contributed by atoms with Gasteiger partial charge in [0.2, 0.25) is 0 Å². The Labute approximate surface area is 92.8 Å². The number of anilines is 1. The molecular formula is C9H10N4O2S. The molecule has 2 heterocycles. The molecule has 7 heteroatoms. The van der Waals surface area contributed by atoms with Gasteiger partial charge in [0, 0.05) is 6.20 Å². The minimum atomic E-state index is -3.61. The van der Waals surface area contributed by atoms with E-state index in [9.17, 15) is 8.42 Å². The Balaban J connectivity index is 2.32. The molecule has 0 aliphatic rings. The number of hydrogen-bond acceptors (Lipinski definition) is 4. The first-order valence-corrected chi connectivity index (χ1v) is 6.02. The first-order valence-electron chi connectivity index (χ1n) is 4.53. The van der Waals surface area contributed by atoms with Crippen molar-refractivity contribution in [2.45, 2.75) is 11.8 Å². The molecule has 0 saturated heterocycles. The van der Waals surface area contributed by atoms with Crippen LogP contribution < -0.4 is 4.72 Å². The standard InChI is InChI=1S/C9H10N4O2S/c1-7-8(6-11-12-7)16(14,15)13-9-4-2-3-5-10-9/h2-6H,1H3,(H,10,13)(H,11,12). The molecule has 2 rings (SSSR count). The lowest BCUT2D eigenvalue weighted by Crippen LogP contribution is -2.14. The number of nitrogens with zero attached hydrogens (tertiary/aromatic N) is 2. The summed E-state index contributed by atoms with van der Waals surface area (Å²) >= 11 is 0. The number of sulfonamides is 1. The summed E-state index contributed by atoms with van der Waals surface area (Å²) in [4.78, 5) is 4.01. The number of aryl methyl sites for hydroxylation is 1. The molecule has 0 unspecified atom stereocenters. The monoisotopic (exact) mass is 238 g/mol. The number of aromatic amines is 1. The fraction of sp³-hybridized carbons (Fsp3) is 0.111. The van der Waals surface area contributed by atoms with Gasteiger partial charge in [0.25, 0.3) is 10.0 Å². The molecule has 2 aromatic rings. The second-order valence-electron chi connectivity index (χ2n) is 3.18. The van der Waals surface area contributed by atoms with Gasteiger partial charge in [0.1, 0.15) is 10.7 Å². The molecule has 6 nitrogen and oxygen atoms in total. The van der Waals surface area contributed by atoms with Gasteiger partial charge in [-0.15, -0.1) is 0 Å². The maximum atomic E-state index is 11.9. The van der Waals surface area contributed by atoms with E-state index in [1.54, 1.807) is 25.1 Å². The van der Waals surface area contributed by atoms with E-state index in [0.717, 1.165) is 0 Å². The van der Waals surface area contributed by atoms with E-state index in [4.69, 9.17) is 0 Å². The number of nitrogens with one attached hydrogen (secondary N) is 2. The second-order valence-corrected chi connectivity index (χ2v) is 4.83. The number of H-pyrrole nitrogens is 1. The van der Waals surface area contributed by atoms with Crippen LogP contribution in [0.1, 0.15) is 5.69 Å². The lowest BCUT2D eigenvalue weighted by molar-refractivity contribution is 0.600. The highest BCUT2D eigenvalue weighted by Crippen LogP contribution is 2.15. The molecule has 0 atom stereocenters. The Morgan fingerprint density at radius 1 is 1.38 bits per heavy atom. The topological polar surface area (TPSA) is 87.7 Å². The number of aromatic nitrogens is 3. The van der Waals surface area contributed by atoms with Gasteiger partial charge in [-0.25, -0.2) is 13.4 Å². The summed E-state index contributed by atoms with van der Waals surface area (Å²) in [6.07, 6.45) is 2.78. The third kappa shape index (κ3) is 2.03. The number of pyridine rings is 1. The Kier molecular flexibility index (Phi) is 2.61. The van der Waals surface area contributed by atoms with Crippen LogP contribution in [0.25, 0.3) is 0 Å². The van der Waals surface area contributed by atoms with E-state index in [0.29, 0.717) is 5.69 Å². The van der Waals surface area contributed by atoms with Crippen molar-refractivity contribution in [1.29, 1.82) is 0 Å². The largest absolute Gasteiger partial charge is 0.281 e.